The van der Waals surface area contributed by atoms with Gasteiger partial charge in [-0.2, -0.15) is 0 Å². The SMILES string of the molecule is O=C1c2cccc([N+](=O)[O-])c2C(=O)N1[C@H]1C=CC[C@@H]1O. The van der Waals surface area contributed by atoms with Gasteiger partial charge < -0.3 is 5.11 Å². The average molecular weight is 274 g/mol. The van der Waals surface area contributed by atoms with Gasteiger partial charge >= 0.3 is 0 Å². The molecule has 0 spiro atoms. The molecule has 3 rings (SSSR count). The van der Waals surface area contributed by atoms with Crippen LogP contribution in [0.4, 0.5) is 5.69 Å². The highest BCUT2D eigenvalue weighted by atomic mass is 16.6. The van der Waals surface area contributed by atoms with Gasteiger partial charge in [-0.1, -0.05) is 18.2 Å². The van der Waals surface area contributed by atoms with Gasteiger partial charge in [0.25, 0.3) is 17.5 Å². The van der Waals surface area contributed by atoms with Crippen LogP contribution < -0.4 is 0 Å². The third-order valence-electron chi connectivity index (χ3n) is 3.52. The molecule has 2 amide bonds. The molecule has 102 valence electrons. The number of carbonyl (C=O) groups is 2. The van der Waals surface area contributed by atoms with Crippen LogP contribution >= 0.6 is 0 Å². The molecule has 0 saturated carbocycles. The van der Waals surface area contributed by atoms with Crippen molar-refractivity contribution in [3.05, 3.63) is 51.6 Å². The van der Waals surface area contributed by atoms with E-state index in [1.54, 1.807) is 12.2 Å². The van der Waals surface area contributed by atoms with E-state index in [1.165, 1.54) is 18.2 Å². The summed E-state index contributed by atoms with van der Waals surface area (Å²) in [5, 5.41) is 20.8. The Kier molecular flexibility index (Phi) is 2.65. The van der Waals surface area contributed by atoms with Crippen molar-refractivity contribution in [3.63, 3.8) is 0 Å². The molecule has 1 aliphatic heterocycles. The Bertz CT molecular complexity index is 667. The maximum atomic E-state index is 12.3. The van der Waals surface area contributed by atoms with Crippen molar-refractivity contribution in [2.75, 3.05) is 0 Å². The molecule has 7 nitrogen and oxygen atoms in total. The van der Waals surface area contributed by atoms with E-state index >= 15 is 0 Å². The van der Waals surface area contributed by atoms with Gasteiger partial charge in [0.2, 0.25) is 0 Å². The fraction of sp³-hybridized carbons (Fsp3) is 0.231. The number of nitro groups is 1. The van der Waals surface area contributed by atoms with Crippen molar-refractivity contribution in [2.24, 2.45) is 0 Å². The highest BCUT2D eigenvalue weighted by Crippen LogP contribution is 2.33. The van der Waals surface area contributed by atoms with Gasteiger partial charge in [-0.05, 0) is 12.5 Å². The fourth-order valence-corrected chi connectivity index (χ4v) is 2.59. The summed E-state index contributed by atoms with van der Waals surface area (Å²) in [7, 11) is 0. The van der Waals surface area contributed by atoms with Gasteiger partial charge in [0.1, 0.15) is 5.56 Å². The average Bonchev–Trinajstić information content (AvgIpc) is 2.93. The predicted molar refractivity (Wildman–Crippen MR) is 67.1 cm³/mol. The third-order valence-corrected chi connectivity index (χ3v) is 3.52. The summed E-state index contributed by atoms with van der Waals surface area (Å²) in [5.41, 5.74) is -0.577. The predicted octanol–water partition coefficient (Wildman–Crippen LogP) is 0.880. The van der Waals surface area contributed by atoms with Gasteiger partial charge in [-0.25, -0.2) is 0 Å². The van der Waals surface area contributed by atoms with Gasteiger partial charge in [0.05, 0.1) is 22.6 Å². The van der Waals surface area contributed by atoms with Gasteiger partial charge in [0.15, 0.2) is 0 Å². The summed E-state index contributed by atoms with van der Waals surface area (Å²) >= 11 is 0. The van der Waals surface area contributed by atoms with Crippen molar-refractivity contribution >= 4 is 17.5 Å². The number of aliphatic hydroxyl groups is 1. The lowest BCUT2D eigenvalue weighted by Crippen LogP contribution is -2.43. The van der Waals surface area contributed by atoms with Crippen molar-refractivity contribution in [1.82, 2.24) is 4.90 Å². The monoisotopic (exact) mass is 274 g/mol. The summed E-state index contributed by atoms with van der Waals surface area (Å²) in [4.78, 5) is 35.7. The van der Waals surface area contributed by atoms with Crippen LogP contribution in [0.15, 0.2) is 30.4 Å². The number of rotatable bonds is 2. The first-order valence-electron chi connectivity index (χ1n) is 6.02. The molecule has 0 bridgehead atoms. The lowest BCUT2D eigenvalue weighted by atomic mass is 10.1. The minimum atomic E-state index is -0.865. The van der Waals surface area contributed by atoms with E-state index in [9.17, 15) is 24.8 Å². The molecule has 1 aliphatic carbocycles. The Labute approximate surface area is 113 Å². The Morgan fingerprint density at radius 1 is 1.30 bits per heavy atom. The molecule has 0 unspecified atom stereocenters. The zero-order valence-corrected chi connectivity index (χ0v) is 10.2. The Morgan fingerprint density at radius 2 is 2.05 bits per heavy atom. The smallest absolute Gasteiger partial charge is 0.282 e. The maximum Gasteiger partial charge on any atom is 0.282 e. The lowest BCUT2D eigenvalue weighted by Gasteiger charge is -2.23. The summed E-state index contributed by atoms with van der Waals surface area (Å²) in [5.74, 6) is -1.34. The van der Waals surface area contributed by atoms with E-state index in [2.05, 4.69) is 0 Å². The number of fused-ring (bicyclic) bond motifs is 1. The number of carbonyl (C=O) groups excluding carboxylic acids is 2. The zero-order chi connectivity index (χ0) is 14.4. The standard InChI is InChI=1S/C13H10N2O5/c16-10-6-2-4-8(10)14-12(17)7-3-1-5-9(15(19)20)11(7)13(14)18/h1-5,8,10,16H,6H2/t8-,10-/m0/s1. The molecule has 20 heavy (non-hydrogen) atoms. The van der Waals surface area contributed by atoms with Crippen molar-refractivity contribution < 1.29 is 19.6 Å². The number of hydrogen-bond acceptors (Lipinski definition) is 5. The van der Waals surface area contributed by atoms with E-state index in [-0.39, 0.29) is 16.8 Å². The number of benzene rings is 1. The number of aliphatic hydroxyl groups excluding tert-OH is 1. The van der Waals surface area contributed by atoms with E-state index in [4.69, 9.17) is 0 Å². The van der Waals surface area contributed by atoms with Crippen LogP contribution in [0, 0.1) is 10.1 Å². The molecular weight excluding hydrogens is 264 g/mol. The summed E-state index contributed by atoms with van der Waals surface area (Å²) < 4.78 is 0. The highest BCUT2D eigenvalue weighted by Gasteiger charge is 2.45. The minimum absolute atomic E-state index is 0.0108. The molecule has 1 heterocycles. The summed E-state index contributed by atoms with van der Waals surface area (Å²) in [6.45, 7) is 0. The topological polar surface area (TPSA) is 101 Å². The molecule has 2 aliphatic rings. The van der Waals surface area contributed by atoms with Crippen LogP contribution in [0.3, 0.4) is 0 Å². The summed E-state index contributed by atoms with van der Waals surface area (Å²) in [6.07, 6.45) is 2.72. The number of nitro benzene ring substituents is 1. The van der Waals surface area contributed by atoms with Crippen molar-refractivity contribution in [1.29, 1.82) is 0 Å². The van der Waals surface area contributed by atoms with Crippen LogP contribution in [0.1, 0.15) is 27.1 Å². The molecule has 1 N–H and O–H groups in total. The molecule has 1 aromatic carbocycles. The van der Waals surface area contributed by atoms with Crippen LogP contribution in [0.5, 0.6) is 0 Å². The molecule has 0 aromatic heterocycles. The summed E-state index contributed by atoms with van der Waals surface area (Å²) in [6, 6.07) is 3.18. The van der Waals surface area contributed by atoms with Crippen molar-refractivity contribution in [2.45, 2.75) is 18.6 Å². The van der Waals surface area contributed by atoms with E-state index in [0.29, 0.717) is 6.42 Å². The Morgan fingerprint density at radius 3 is 2.65 bits per heavy atom. The third kappa shape index (κ3) is 1.56. The van der Waals surface area contributed by atoms with Gasteiger partial charge in [-0.3, -0.25) is 24.6 Å². The fourth-order valence-electron chi connectivity index (χ4n) is 2.59. The molecular formula is C13H10N2O5. The highest BCUT2D eigenvalue weighted by molar-refractivity contribution is 6.23. The molecule has 0 fully saturated rings. The number of imide groups is 1. The maximum absolute atomic E-state index is 12.3. The zero-order valence-electron chi connectivity index (χ0n) is 10.2. The van der Waals surface area contributed by atoms with Crippen molar-refractivity contribution in [3.8, 4) is 0 Å². The molecule has 1 aromatic rings. The normalized spacial score (nSPS) is 24.4. The minimum Gasteiger partial charge on any atom is -0.390 e. The second kappa shape index (κ2) is 4.24. The first-order chi connectivity index (χ1) is 9.52. The second-order valence-corrected chi connectivity index (χ2v) is 4.66. The van der Waals surface area contributed by atoms with Crippen LogP contribution in [0.25, 0.3) is 0 Å². The van der Waals surface area contributed by atoms with E-state index in [1.807, 2.05) is 0 Å². The molecule has 0 radical (unpaired) electrons. The van der Waals surface area contributed by atoms with E-state index in [0.717, 1.165) is 4.90 Å². The number of hydrogen-bond donors (Lipinski definition) is 1. The Balaban J connectivity index is 2.11. The molecule has 0 saturated heterocycles. The lowest BCUT2D eigenvalue weighted by molar-refractivity contribution is -0.385. The quantitative estimate of drug-likeness (QED) is 0.373. The Hall–Kier alpha value is -2.54. The van der Waals surface area contributed by atoms with Crippen LogP contribution in [-0.2, 0) is 0 Å². The largest absolute Gasteiger partial charge is 0.390 e. The molecule has 2 atom stereocenters. The first-order valence-corrected chi connectivity index (χ1v) is 6.02. The van der Waals surface area contributed by atoms with Gasteiger partial charge in [-0.15, -0.1) is 0 Å². The second-order valence-electron chi connectivity index (χ2n) is 4.66. The number of nitrogens with zero attached hydrogens (tertiary/aromatic N) is 2. The van der Waals surface area contributed by atoms with Crippen LogP contribution in [-0.4, -0.2) is 38.9 Å². The van der Waals surface area contributed by atoms with Crippen LogP contribution in [0.2, 0.25) is 0 Å². The number of amides is 2. The van der Waals surface area contributed by atoms with Gasteiger partial charge in [0, 0.05) is 6.07 Å². The molecule has 7 heteroatoms. The first kappa shape index (κ1) is 12.5. The van der Waals surface area contributed by atoms with E-state index < -0.39 is 28.9 Å².